The third kappa shape index (κ3) is 6.79. The van der Waals surface area contributed by atoms with Gasteiger partial charge in [-0.1, -0.05) is 63.4 Å². The summed E-state index contributed by atoms with van der Waals surface area (Å²) < 4.78 is 5.64. The summed E-state index contributed by atoms with van der Waals surface area (Å²) in [6.07, 6.45) is 10.4. The van der Waals surface area contributed by atoms with Crippen LogP contribution in [0.4, 0.5) is 0 Å². The van der Waals surface area contributed by atoms with Crippen molar-refractivity contribution in [3.05, 3.63) is 54.7 Å². The van der Waals surface area contributed by atoms with Gasteiger partial charge in [0.2, 0.25) is 0 Å². The van der Waals surface area contributed by atoms with Crippen molar-refractivity contribution in [1.82, 2.24) is 4.98 Å². The number of pyridine rings is 1. The number of para-hydroxylation sites is 1. The molecule has 0 saturated heterocycles. The second-order valence-electron chi connectivity index (χ2n) is 10.3. The average molecular weight is 641 g/mol. The fraction of sp³-hybridized carbons (Fsp3) is 0.552. The maximum atomic E-state index is 10.7. The smallest absolute Gasteiger partial charge is 0.0623 e. The van der Waals surface area contributed by atoms with Crippen molar-refractivity contribution in [2.45, 2.75) is 77.4 Å². The van der Waals surface area contributed by atoms with Gasteiger partial charge in [0.1, 0.15) is 0 Å². The Kier molecular flexibility index (Phi) is 10.3. The number of hydrogen-bond donors (Lipinski definition) is 2. The third-order valence-corrected chi connectivity index (χ3v) is 7.36. The van der Waals surface area contributed by atoms with Crippen molar-refractivity contribution in [2.24, 2.45) is 23.7 Å². The first-order valence-electron chi connectivity index (χ1n) is 12.7. The van der Waals surface area contributed by atoms with Gasteiger partial charge in [0, 0.05) is 43.5 Å². The number of rotatable bonds is 3. The van der Waals surface area contributed by atoms with E-state index >= 15 is 0 Å². The number of aromatic nitrogens is 1. The zero-order valence-corrected chi connectivity index (χ0v) is 22.7. The zero-order valence-electron chi connectivity index (χ0n) is 20.3. The molecule has 0 bridgehead atoms. The Morgan fingerprint density at radius 3 is 2.44 bits per heavy atom. The van der Waals surface area contributed by atoms with Crippen molar-refractivity contribution >= 4 is 11.0 Å². The Morgan fingerprint density at radius 1 is 0.971 bits per heavy atom. The molecule has 2 fully saturated rings. The van der Waals surface area contributed by atoms with Gasteiger partial charge >= 0.3 is 0 Å². The van der Waals surface area contributed by atoms with Crippen molar-refractivity contribution in [3.63, 3.8) is 0 Å². The van der Waals surface area contributed by atoms with E-state index < -0.39 is 0 Å². The molecule has 187 valence electrons. The number of aliphatic hydroxyl groups excluding tert-OH is 2. The van der Waals surface area contributed by atoms with Crippen LogP contribution in [0.3, 0.4) is 0 Å². The van der Waals surface area contributed by atoms with E-state index in [-0.39, 0.29) is 38.2 Å². The Balaban J connectivity index is 0.000000187. The largest absolute Gasteiger partial charge is 0.518 e. The summed E-state index contributed by atoms with van der Waals surface area (Å²) in [5.74, 6) is 2.46. The van der Waals surface area contributed by atoms with Gasteiger partial charge in [0.15, 0.2) is 0 Å². The number of furan rings is 1. The number of nitrogens with zero attached hydrogens (tertiary/aromatic N) is 1. The predicted molar refractivity (Wildman–Crippen MR) is 133 cm³/mol. The van der Waals surface area contributed by atoms with E-state index in [9.17, 15) is 10.2 Å². The SMILES string of the molecule is CC(C)CC1CCCC2CCCCC(O)C2C1O.[Ir].[c-]1c(-c2ccccn2)oc2ccccc12. The maximum Gasteiger partial charge on any atom is 0.0623 e. The van der Waals surface area contributed by atoms with E-state index in [1.54, 1.807) is 6.20 Å². The van der Waals surface area contributed by atoms with Gasteiger partial charge in [-0.3, -0.25) is 0 Å². The molecule has 2 aromatic heterocycles. The van der Waals surface area contributed by atoms with Crippen LogP contribution >= 0.6 is 0 Å². The third-order valence-electron chi connectivity index (χ3n) is 7.36. The number of hydrogen-bond acceptors (Lipinski definition) is 4. The summed E-state index contributed by atoms with van der Waals surface area (Å²) >= 11 is 0. The summed E-state index contributed by atoms with van der Waals surface area (Å²) in [7, 11) is 0. The van der Waals surface area contributed by atoms with E-state index in [0.29, 0.717) is 23.5 Å². The monoisotopic (exact) mass is 641 g/mol. The molecule has 3 aromatic rings. The fourth-order valence-corrected chi connectivity index (χ4v) is 5.82. The summed E-state index contributed by atoms with van der Waals surface area (Å²) in [6.45, 7) is 4.47. The molecule has 1 radical (unpaired) electrons. The first kappa shape index (κ1) is 27.1. The van der Waals surface area contributed by atoms with Crippen LogP contribution in [0.1, 0.15) is 65.2 Å². The van der Waals surface area contributed by atoms with Crippen molar-refractivity contribution in [2.75, 3.05) is 0 Å². The van der Waals surface area contributed by atoms with Gasteiger partial charge in [-0.05, 0) is 55.9 Å². The van der Waals surface area contributed by atoms with Gasteiger partial charge < -0.3 is 19.6 Å². The van der Waals surface area contributed by atoms with E-state index in [0.717, 1.165) is 42.3 Å². The minimum absolute atomic E-state index is 0. The van der Waals surface area contributed by atoms with E-state index in [1.165, 1.54) is 25.7 Å². The van der Waals surface area contributed by atoms with Crippen LogP contribution in [0.2, 0.25) is 0 Å². The number of fused-ring (bicyclic) bond motifs is 2. The molecule has 5 rings (SSSR count). The van der Waals surface area contributed by atoms with Gasteiger partial charge in [-0.25, -0.2) is 0 Å². The van der Waals surface area contributed by atoms with Crippen LogP contribution in [-0.4, -0.2) is 27.4 Å². The van der Waals surface area contributed by atoms with Crippen LogP contribution in [0, 0.1) is 29.7 Å². The van der Waals surface area contributed by atoms with Crippen molar-refractivity contribution < 1.29 is 34.7 Å². The standard InChI is InChI=1S/C16H30O2.C13H8NO.Ir/c1-11(2)10-13-8-5-7-12-6-3-4-9-14(17)15(12)16(13)18;1-2-7-12-10(5-1)9-13(15-12)11-6-3-4-8-14-11;/h11-18H,3-10H2,1-2H3;1-8H;/q;-1;. The van der Waals surface area contributed by atoms with Crippen molar-refractivity contribution in [1.29, 1.82) is 0 Å². The average Bonchev–Trinajstić information content (AvgIpc) is 3.09. The van der Waals surface area contributed by atoms with Crippen molar-refractivity contribution in [3.8, 4) is 11.5 Å². The predicted octanol–water partition coefficient (Wildman–Crippen LogP) is 6.65. The molecule has 5 unspecified atom stereocenters. The molecule has 0 amide bonds. The van der Waals surface area contributed by atoms with Crippen LogP contribution < -0.4 is 0 Å². The van der Waals surface area contributed by atoms with Gasteiger partial charge in [-0.2, -0.15) is 0 Å². The van der Waals surface area contributed by atoms with Gasteiger partial charge in [0.05, 0.1) is 18.0 Å². The molecule has 5 heteroatoms. The first-order valence-corrected chi connectivity index (χ1v) is 12.7. The molecule has 2 aliphatic carbocycles. The molecule has 34 heavy (non-hydrogen) atoms. The second-order valence-corrected chi connectivity index (χ2v) is 10.3. The Hall–Kier alpha value is -1.52. The summed E-state index contributed by atoms with van der Waals surface area (Å²) in [6, 6.07) is 16.7. The molecule has 4 nitrogen and oxygen atoms in total. The molecular formula is C29H38IrNO3-. The zero-order chi connectivity index (χ0) is 23.2. The molecule has 5 atom stereocenters. The number of benzene rings is 1. The maximum absolute atomic E-state index is 10.7. The fourth-order valence-electron chi connectivity index (χ4n) is 5.82. The van der Waals surface area contributed by atoms with Crippen LogP contribution in [-0.2, 0) is 20.1 Å². The molecule has 2 saturated carbocycles. The summed E-state index contributed by atoms with van der Waals surface area (Å²) in [4.78, 5) is 4.22. The quantitative estimate of drug-likeness (QED) is 0.315. The molecule has 2 N–H and O–H groups in total. The summed E-state index contributed by atoms with van der Waals surface area (Å²) in [5.41, 5.74) is 1.66. The Labute approximate surface area is 217 Å². The minimum atomic E-state index is -0.270. The normalized spacial score (nSPS) is 27.0. The topological polar surface area (TPSA) is 66.5 Å². The van der Waals surface area contributed by atoms with E-state index in [1.807, 2.05) is 42.5 Å². The first-order chi connectivity index (χ1) is 16.0. The molecule has 0 spiro atoms. The molecule has 2 aliphatic rings. The second kappa shape index (κ2) is 13.0. The summed E-state index contributed by atoms with van der Waals surface area (Å²) in [5, 5.41) is 22.1. The molecule has 1 aromatic carbocycles. The van der Waals surface area contributed by atoms with Crippen LogP contribution in [0.5, 0.6) is 0 Å². The minimum Gasteiger partial charge on any atom is -0.518 e. The molecular weight excluding hydrogens is 603 g/mol. The van der Waals surface area contributed by atoms with E-state index in [4.69, 9.17) is 4.42 Å². The van der Waals surface area contributed by atoms with E-state index in [2.05, 4.69) is 24.9 Å². The molecule has 2 heterocycles. The Morgan fingerprint density at radius 2 is 1.71 bits per heavy atom. The van der Waals surface area contributed by atoms with Crippen LogP contribution in [0.15, 0.2) is 53.1 Å². The van der Waals surface area contributed by atoms with Gasteiger partial charge in [-0.15, -0.1) is 17.5 Å². The van der Waals surface area contributed by atoms with Crippen LogP contribution in [0.25, 0.3) is 22.4 Å². The Bertz CT molecular complexity index is 956. The van der Waals surface area contributed by atoms with Gasteiger partial charge in [0.25, 0.3) is 0 Å². The molecule has 0 aliphatic heterocycles. The number of aliphatic hydroxyl groups is 2.